The van der Waals surface area contributed by atoms with E-state index < -0.39 is 0 Å². The first-order valence-electron chi connectivity index (χ1n) is 6.82. The van der Waals surface area contributed by atoms with Crippen LogP contribution in [0.2, 0.25) is 0 Å². The first-order valence-corrected chi connectivity index (χ1v) is 8.72. The third-order valence-corrected chi connectivity index (χ3v) is 6.59. The Morgan fingerprint density at radius 3 is 1.39 bits per heavy atom. The van der Waals surface area contributed by atoms with Crippen LogP contribution in [0.3, 0.4) is 0 Å². The fraction of sp³-hybridized carbons (Fsp3) is 0.750. The van der Waals surface area contributed by atoms with Crippen LogP contribution in [-0.4, -0.2) is 18.5 Å². The molecule has 0 heterocycles. The van der Waals surface area contributed by atoms with Gasteiger partial charge in [-0.15, -0.1) is 14.8 Å². The third-order valence-electron chi connectivity index (χ3n) is 3.90. The van der Waals surface area contributed by atoms with Crippen LogP contribution >= 0.6 is 7.92 Å². The number of rotatable bonds is 3. The van der Waals surface area contributed by atoms with Crippen LogP contribution in [0, 0.1) is 11.5 Å². The largest absolute Gasteiger partial charge is 1.00 e. The predicted molar refractivity (Wildman–Crippen MR) is 83.1 cm³/mol. The van der Waals surface area contributed by atoms with Crippen molar-refractivity contribution in [2.75, 3.05) is 18.5 Å². The molecule has 0 aromatic heterocycles. The van der Waals surface area contributed by atoms with Crippen molar-refractivity contribution in [1.82, 2.24) is 0 Å². The summed E-state index contributed by atoms with van der Waals surface area (Å²) in [6.45, 7) is 17.8. The first-order chi connectivity index (χ1) is 7.80. The molecular formula is C16H30CuP. The normalized spacial score (nSPS) is 17.1. The molecule has 1 aliphatic rings. The van der Waals surface area contributed by atoms with Crippen molar-refractivity contribution in [3.05, 3.63) is 22.8 Å². The van der Waals surface area contributed by atoms with E-state index in [2.05, 4.69) is 61.5 Å². The van der Waals surface area contributed by atoms with Crippen LogP contribution < -0.4 is 0 Å². The van der Waals surface area contributed by atoms with Crippen LogP contribution in [0.4, 0.5) is 0 Å². The Hall–Kier alpha value is 0.429. The molecule has 18 heavy (non-hydrogen) atoms. The minimum atomic E-state index is 0. The first kappa shape index (κ1) is 20.7. The molecule has 1 rings (SSSR count). The molecular weight excluding hydrogens is 287 g/mol. The van der Waals surface area contributed by atoms with Gasteiger partial charge in [-0.05, 0) is 18.5 Å². The molecule has 0 amide bonds. The zero-order chi connectivity index (χ0) is 13.6. The topological polar surface area (TPSA) is 0 Å². The maximum atomic E-state index is 3.44. The summed E-state index contributed by atoms with van der Waals surface area (Å²) in [4.78, 5) is 0. The number of allylic oxidation sites excluding steroid dienone is 4. The minimum absolute atomic E-state index is 0. The average molecular weight is 317 g/mol. The Morgan fingerprint density at radius 2 is 1.33 bits per heavy atom. The molecule has 0 N–H and O–H groups in total. The van der Waals surface area contributed by atoms with Crippen molar-refractivity contribution < 1.29 is 17.1 Å². The molecule has 0 aliphatic heterocycles. The van der Waals surface area contributed by atoms with Gasteiger partial charge in [0.2, 0.25) is 0 Å². The fourth-order valence-electron chi connectivity index (χ4n) is 2.08. The van der Waals surface area contributed by atoms with Gasteiger partial charge in [-0.25, -0.2) is 5.57 Å². The molecule has 0 nitrogen and oxygen atoms in total. The van der Waals surface area contributed by atoms with Crippen molar-refractivity contribution in [2.45, 2.75) is 55.4 Å². The molecule has 0 unspecified atom stereocenters. The summed E-state index contributed by atoms with van der Waals surface area (Å²) < 4.78 is 0. The molecule has 0 saturated carbocycles. The SMILES string of the molecule is CC1=[C-]C(C)(C)C(C)=C1C.CCP(CC)CC.[Cu+]. The summed E-state index contributed by atoms with van der Waals surface area (Å²) >= 11 is 0. The van der Waals surface area contributed by atoms with Crippen molar-refractivity contribution in [1.29, 1.82) is 0 Å². The van der Waals surface area contributed by atoms with Crippen LogP contribution in [0.1, 0.15) is 55.4 Å². The zero-order valence-electron chi connectivity index (χ0n) is 13.4. The van der Waals surface area contributed by atoms with Gasteiger partial charge in [-0.3, -0.25) is 6.08 Å². The van der Waals surface area contributed by atoms with Crippen molar-refractivity contribution in [3.8, 4) is 0 Å². The number of hydrogen-bond donors (Lipinski definition) is 0. The Balaban J connectivity index is 0. The molecule has 0 fully saturated rings. The van der Waals surface area contributed by atoms with Gasteiger partial charge in [0.05, 0.1) is 0 Å². The zero-order valence-corrected chi connectivity index (χ0v) is 15.2. The van der Waals surface area contributed by atoms with E-state index in [0.717, 1.165) is 0 Å². The van der Waals surface area contributed by atoms with Crippen molar-refractivity contribution in [2.24, 2.45) is 5.41 Å². The molecule has 0 spiro atoms. The van der Waals surface area contributed by atoms with E-state index in [1.54, 1.807) is 0 Å². The van der Waals surface area contributed by atoms with E-state index in [9.17, 15) is 0 Å². The van der Waals surface area contributed by atoms with E-state index in [-0.39, 0.29) is 22.5 Å². The molecule has 0 atom stereocenters. The molecule has 0 radical (unpaired) electrons. The molecule has 1 aliphatic carbocycles. The Labute approximate surface area is 127 Å². The van der Waals surface area contributed by atoms with Gasteiger partial charge in [0, 0.05) is 0 Å². The van der Waals surface area contributed by atoms with Crippen LogP contribution in [-0.2, 0) is 17.1 Å². The van der Waals surface area contributed by atoms with E-state index >= 15 is 0 Å². The monoisotopic (exact) mass is 316 g/mol. The standard InChI is InChI=1S/C10H15.C6H15P.Cu/c1-7-6-10(4,5)9(3)8(7)2;1-4-7(5-2)6-3;/h1-5H3;4-6H2,1-3H3;/q-1;;+1. The smallest absolute Gasteiger partial charge is 0.263 e. The summed E-state index contributed by atoms with van der Waals surface area (Å²) in [6, 6.07) is 0. The third kappa shape index (κ3) is 6.05. The second-order valence-electron chi connectivity index (χ2n) is 5.24. The summed E-state index contributed by atoms with van der Waals surface area (Å²) in [6.07, 6.45) is 7.69. The molecule has 0 aromatic carbocycles. The molecule has 0 bridgehead atoms. The van der Waals surface area contributed by atoms with E-state index in [1.165, 1.54) is 35.2 Å². The van der Waals surface area contributed by atoms with Gasteiger partial charge in [0.15, 0.2) is 0 Å². The second-order valence-corrected chi connectivity index (χ2v) is 8.48. The molecule has 0 aromatic rings. The van der Waals surface area contributed by atoms with E-state index in [0.29, 0.717) is 7.92 Å². The Morgan fingerprint density at radius 1 is 0.944 bits per heavy atom. The van der Waals surface area contributed by atoms with Gasteiger partial charge >= 0.3 is 17.1 Å². The maximum absolute atomic E-state index is 3.44. The summed E-state index contributed by atoms with van der Waals surface area (Å²) in [5.41, 5.74) is 4.39. The van der Waals surface area contributed by atoms with Crippen molar-refractivity contribution >= 4 is 7.92 Å². The van der Waals surface area contributed by atoms with Crippen LogP contribution in [0.15, 0.2) is 16.7 Å². The summed E-state index contributed by atoms with van der Waals surface area (Å²) in [5.74, 6) is 0. The molecule has 2 heteroatoms. The van der Waals surface area contributed by atoms with Gasteiger partial charge in [-0.1, -0.05) is 53.9 Å². The summed E-state index contributed by atoms with van der Waals surface area (Å²) in [5, 5.41) is 0. The van der Waals surface area contributed by atoms with E-state index in [1.807, 2.05) is 0 Å². The molecule has 110 valence electrons. The van der Waals surface area contributed by atoms with Crippen molar-refractivity contribution in [3.63, 3.8) is 0 Å². The average Bonchev–Trinajstić information content (AvgIpc) is 2.45. The maximum Gasteiger partial charge on any atom is 1.00 e. The Kier molecular flexibility index (Phi) is 10.8. The summed E-state index contributed by atoms with van der Waals surface area (Å²) in [7, 11) is 0.446. The van der Waals surface area contributed by atoms with Gasteiger partial charge in [0.25, 0.3) is 0 Å². The quantitative estimate of drug-likeness (QED) is 0.359. The number of hydrogen-bond acceptors (Lipinski definition) is 0. The molecule has 0 saturated heterocycles. The van der Waals surface area contributed by atoms with Gasteiger partial charge in [-0.2, -0.15) is 11.1 Å². The predicted octanol–water partition coefficient (Wildman–Crippen LogP) is 5.64. The second kappa shape index (κ2) is 9.35. The van der Waals surface area contributed by atoms with E-state index in [4.69, 9.17) is 0 Å². The van der Waals surface area contributed by atoms with Gasteiger partial charge in [0.1, 0.15) is 0 Å². The van der Waals surface area contributed by atoms with Crippen LogP contribution in [0.5, 0.6) is 0 Å². The van der Waals surface area contributed by atoms with Crippen LogP contribution in [0.25, 0.3) is 0 Å². The fourth-order valence-corrected chi connectivity index (χ4v) is 3.42. The van der Waals surface area contributed by atoms with Gasteiger partial charge < -0.3 is 0 Å². The Bertz CT molecular complexity index is 291. The minimum Gasteiger partial charge on any atom is -0.263 e.